The van der Waals surface area contributed by atoms with Crippen molar-refractivity contribution >= 4 is 0 Å². The lowest BCUT2D eigenvalue weighted by atomic mass is 9.98. The molecule has 1 aromatic heterocycles. The fourth-order valence-corrected chi connectivity index (χ4v) is 1.96. The van der Waals surface area contributed by atoms with Gasteiger partial charge in [-0.2, -0.15) is 0 Å². The van der Waals surface area contributed by atoms with E-state index in [4.69, 9.17) is 0 Å². The van der Waals surface area contributed by atoms with Crippen molar-refractivity contribution in [2.24, 2.45) is 0 Å². The number of hydrogen-bond acceptors (Lipinski definition) is 2. The summed E-state index contributed by atoms with van der Waals surface area (Å²) in [5.41, 5.74) is 2.65. The molecule has 0 saturated carbocycles. The zero-order valence-corrected chi connectivity index (χ0v) is 10.4. The number of allylic oxidation sites excluding steroid dienone is 1. The van der Waals surface area contributed by atoms with Gasteiger partial charge in [-0.1, -0.05) is 13.0 Å². The molecule has 0 bridgehead atoms. The van der Waals surface area contributed by atoms with E-state index in [0.717, 1.165) is 19.4 Å². The molecular formula is C14H22N2. The van der Waals surface area contributed by atoms with Crippen molar-refractivity contribution in [2.75, 3.05) is 6.54 Å². The fourth-order valence-electron chi connectivity index (χ4n) is 1.96. The van der Waals surface area contributed by atoms with Gasteiger partial charge < -0.3 is 5.32 Å². The third-order valence-corrected chi connectivity index (χ3v) is 2.79. The first-order valence-corrected chi connectivity index (χ1v) is 6.04. The van der Waals surface area contributed by atoms with Crippen LogP contribution >= 0.6 is 0 Å². The summed E-state index contributed by atoms with van der Waals surface area (Å²) in [7, 11) is 0. The van der Waals surface area contributed by atoms with E-state index in [-0.39, 0.29) is 0 Å². The Balaban J connectivity index is 2.68. The predicted octanol–water partition coefficient (Wildman–Crippen LogP) is 3.40. The lowest BCUT2D eigenvalue weighted by Crippen LogP contribution is -2.21. The number of pyridine rings is 1. The number of nitrogens with one attached hydrogen (secondary N) is 1. The second-order valence-corrected chi connectivity index (χ2v) is 4.06. The largest absolute Gasteiger partial charge is 0.310 e. The fraction of sp³-hybridized carbons (Fsp3) is 0.500. The molecule has 2 heteroatoms. The van der Waals surface area contributed by atoms with Crippen LogP contribution in [0.4, 0.5) is 0 Å². The van der Waals surface area contributed by atoms with Crippen molar-refractivity contribution in [3.8, 4) is 0 Å². The van der Waals surface area contributed by atoms with E-state index < -0.39 is 0 Å². The Morgan fingerprint density at radius 1 is 1.56 bits per heavy atom. The highest BCUT2D eigenvalue weighted by molar-refractivity contribution is 5.25. The number of aryl methyl sites for hydroxylation is 1. The van der Waals surface area contributed by atoms with Crippen LogP contribution in [0.3, 0.4) is 0 Å². The molecule has 0 aliphatic rings. The Labute approximate surface area is 98.8 Å². The van der Waals surface area contributed by atoms with E-state index in [0.29, 0.717) is 6.04 Å². The molecule has 88 valence electrons. The Bertz CT molecular complexity index is 320. The highest BCUT2D eigenvalue weighted by Crippen LogP contribution is 2.21. The molecule has 0 fully saturated rings. The lowest BCUT2D eigenvalue weighted by Gasteiger charge is -2.19. The van der Waals surface area contributed by atoms with E-state index in [1.54, 1.807) is 0 Å². The molecule has 0 aliphatic carbocycles. The van der Waals surface area contributed by atoms with Crippen LogP contribution in [0.2, 0.25) is 0 Å². The van der Waals surface area contributed by atoms with Gasteiger partial charge in [-0.15, -0.1) is 6.58 Å². The third-order valence-electron chi connectivity index (χ3n) is 2.79. The molecule has 1 heterocycles. The first-order chi connectivity index (χ1) is 7.79. The average Bonchev–Trinajstić information content (AvgIpc) is 2.29. The molecule has 1 unspecified atom stereocenters. The predicted molar refractivity (Wildman–Crippen MR) is 69.4 cm³/mol. The Hall–Kier alpha value is -1.15. The number of aromatic nitrogens is 1. The van der Waals surface area contributed by atoms with Crippen molar-refractivity contribution in [3.05, 3.63) is 42.2 Å². The molecule has 0 aliphatic heterocycles. The van der Waals surface area contributed by atoms with Crippen LogP contribution in [-0.2, 0) is 0 Å². The first-order valence-electron chi connectivity index (χ1n) is 6.04. The van der Waals surface area contributed by atoms with Crippen LogP contribution < -0.4 is 5.32 Å². The van der Waals surface area contributed by atoms with Gasteiger partial charge in [-0.25, -0.2) is 0 Å². The van der Waals surface area contributed by atoms with Gasteiger partial charge in [-0.05, 0) is 49.9 Å². The van der Waals surface area contributed by atoms with E-state index in [2.05, 4.69) is 36.8 Å². The number of unbranched alkanes of at least 4 members (excludes halogenated alkanes) is 1. The summed E-state index contributed by atoms with van der Waals surface area (Å²) in [5.74, 6) is 0. The SMILES string of the molecule is C=CCCCC(NCC)c1ccncc1C. The van der Waals surface area contributed by atoms with Gasteiger partial charge in [0.05, 0.1) is 0 Å². The molecular weight excluding hydrogens is 196 g/mol. The van der Waals surface area contributed by atoms with Gasteiger partial charge in [-0.3, -0.25) is 4.98 Å². The van der Waals surface area contributed by atoms with Crippen molar-refractivity contribution in [1.82, 2.24) is 10.3 Å². The maximum Gasteiger partial charge on any atom is 0.0323 e. The monoisotopic (exact) mass is 218 g/mol. The molecule has 1 aromatic rings. The van der Waals surface area contributed by atoms with Gasteiger partial charge in [0.15, 0.2) is 0 Å². The van der Waals surface area contributed by atoms with Gasteiger partial charge in [0.25, 0.3) is 0 Å². The van der Waals surface area contributed by atoms with Crippen LogP contribution in [0, 0.1) is 6.92 Å². The summed E-state index contributed by atoms with van der Waals surface area (Å²) in [5, 5.41) is 3.54. The highest BCUT2D eigenvalue weighted by Gasteiger charge is 2.11. The average molecular weight is 218 g/mol. The van der Waals surface area contributed by atoms with Crippen LogP contribution in [0.5, 0.6) is 0 Å². The molecule has 1 atom stereocenters. The first kappa shape index (κ1) is 12.9. The minimum Gasteiger partial charge on any atom is -0.310 e. The summed E-state index contributed by atoms with van der Waals surface area (Å²) in [6, 6.07) is 2.57. The second kappa shape index (κ2) is 7.18. The highest BCUT2D eigenvalue weighted by atomic mass is 14.9. The van der Waals surface area contributed by atoms with E-state index in [1.165, 1.54) is 17.5 Å². The summed E-state index contributed by atoms with van der Waals surface area (Å²) in [6.07, 6.45) is 9.23. The van der Waals surface area contributed by atoms with Gasteiger partial charge >= 0.3 is 0 Å². The lowest BCUT2D eigenvalue weighted by molar-refractivity contribution is 0.498. The summed E-state index contributed by atoms with van der Waals surface area (Å²) < 4.78 is 0. The van der Waals surface area contributed by atoms with Gasteiger partial charge in [0.2, 0.25) is 0 Å². The molecule has 1 rings (SSSR count). The number of rotatable bonds is 7. The van der Waals surface area contributed by atoms with E-state index in [9.17, 15) is 0 Å². The maximum atomic E-state index is 4.14. The van der Waals surface area contributed by atoms with Crippen LogP contribution in [0.15, 0.2) is 31.1 Å². The molecule has 0 radical (unpaired) electrons. The van der Waals surface area contributed by atoms with Crippen molar-refractivity contribution in [2.45, 2.75) is 39.2 Å². The van der Waals surface area contributed by atoms with Crippen molar-refractivity contribution < 1.29 is 0 Å². The number of nitrogens with zero attached hydrogens (tertiary/aromatic N) is 1. The topological polar surface area (TPSA) is 24.9 Å². The Kier molecular flexibility index (Phi) is 5.79. The quantitative estimate of drug-likeness (QED) is 0.560. The normalized spacial score (nSPS) is 12.4. The van der Waals surface area contributed by atoms with Crippen LogP contribution in [-0.4, -0.2) is 11.5 Å². The van der Waals surface area contributed by atoms with E-state index in [1.807, 2.05) is 18.5 Å². The molecule has 16 heavy (non-hydrogen) atoms. The van der Waals surface area contributed by atoms with Crippen LogP contribution in [0.1, 0.15) is 43.4 Å². The number of hydrogen-bond donors (Lipinski definition) is 1. The molecule has 2 nitrogen and oxygen atoms in total. The molecule has 0 saturated heterocycles. The minimum absolute atomic E-state index is 0.452. The maximum absolute atomic E-state index is 4.14. The zero-order chi connectivity index (χ0) is 11.8. The minimum atomic E-state index is 0.452. The van der Waals surface area contributed by atoms with Crippen molar-refractivity contribution in [3.63, 3.8) is 0 Å². The standard InChI is InChI=1S/C14H22N2/c1-4-6-7-8-14(16-5-2)13-9-10-15-11-12(13)3/h4,9-11,14,16H,1,5-8H2,2-3H3. The Morgan fingerprint density at radius 2 is 2.38 bits per heavy atom. The zero-order valence-electron chi connectivity index (χ0n) is 10.4. The third kappa shape index (κ3) is 3.78. The smallest absolute Gasteiger partial charge is 0.0323 e. The molecule has 0 spiro atoms. The summed E-state index contributed by atoms with van der Waals surface area (Å²) >= 11 is 0. The Morgan fingerprint density at radius 3 is 3.00 bits per heavy atom. The summed E-state index contributed by atoms with van der Waals surface area (Å²) in [4.78, 5) is 4.14. The molecule has 1 N–H and O–H groups in total. The van der Waals surface area contributed by atoms with Crippen molar-refractivity contribution in [1.29, 1.82) is 0 Å². The van der Waals surface area contributed by atoms with Crippen LogP contribution in [0.25, 0.3) is 0 Å². The second-order valence-electron chi connectivity index (χ2n) is 4.06. The molecule has 0 amide bonds. The summed E-state index contributed by atoms with van der Waals surface area (Å²) in [6.45, 7) is 9.04. The van der Waals surface area contributed by atoms with Gasteiger partial charge in [0.1, 0.15) is 0 Å². The van der Waals surface area contributed by atoms with Gasteiger partial charge in [0, 0.05) is 18.4 Å². The van der Waals surface area contributed by atoms with E-state index >= 15 is 0 Å². The molecule has 0 aromatic carbocycles.